The van der Waals surface area contributed by atoms with E-state index < -0.39 is 22.9 Å². The predicted molar refractivity (Wildman–Crippen MR) is 157 cm³/mol. The number of nitrogens with one attached hydrogen (secondary N) is 2. The Hall–Kier alpha value is -3.69. The number of nitrogens with two attached hydrogens (primary N) is 1. The molecule has 4 N–H and O–H groups in total. The second-order valence-electron chi connectivity index (χ2n) is 11.8. The maximum Gasteiger partial charge on any atom is 0.245 e. The Morgan fingerprint density at radius 3 is 2.42 bits per heavy atom. The Bertz CT molecular complexity index is 1350. The van der Waals surface area contributed by atoms with Gasteiger partial charge in [-0.1, -0.05) is 48.5 Å². The Kier molecular flexibility index (Phi) is 8.65. The van der Waals surface area contributed by atoms with Crippen LogP contribution in [0.1, 0.15) is 37.8 Å². The molecule has 2 heterocycles. The number of fused-ring (bicyclic) bond motifs is 1. The van der Waals surface area contributed by atoms with Crippen molar-refractivity contribution in [3.8, 4) is 0 Å². The Balaban J connectivity index is 1.66. The number of aromatic nitrogens is 1. The maximum absolute atomic E-state index is 14.2. The van der Waals surface area contributed by atoms with Gasteiger partial charge in [0.1, 0.15) is 6.04 Å². The van der Waals surface area contributed by atoms with Crippen LogP contribution in [0.25, 0.3) is 10.9 Å². The average molecular weight is 547 g/mol. The van der Waals surface area contributed by atoms with Gasteiger partial charge in [-0.25, -0.2) is 5.01 Å². The second-order valence-corrected chi connectivity index (χ2v) is 11.8. The number of benzene rings is 2. The van der Waals surface area contributed by atoms with Gasteiger partial charge in [-0.15, -0.1) is 0 Å². The summed E-state index contributed by atoms with van der Waals surface area (Å²) in [4.78, 5) is 46.2. The highest BCUT2D eigenvalue weighted by atomic mass is 16.2. The van der Waals surface area contributed by atoms with Crippen molar-refractivity contribution in [1.82, 2.24) is 25.2 Å². The fourth-order valence-electron chi connectivity index (χ4n) is 5.51. The molecule has 1 aromatic heterocycles. The summed E-state index contributed by atoms with van der Waals surface area (Å²) < 4.78 is 0. The topological polar surface area (TPSA) is 115 Å². The van der Waals surface area contributed by atoms with E-state index in [0.717, 1.165) is 22.0 Å². The van der Waals surface area contributed by atoms with Crippen LogP contribution in [0.2, 0.25) is 0 Å². The third-order valence-corrected chi connectivity index (χ3v) is 7.91. The van der Waals surface area contributed by atoms with Gasteiger partial charge in [0.05, 0.1) is 11.0 Å². The molecule has 214 valence electrons. The summed E-state index contributed by atoms with van der Waals surface area (Å²) in [6.45, 7) is 4.03. The van der Waals surface area contributed by atoms with Crippen LogP contribution < -0.4 is 11.1 Å². The zero-order valence-electron chi connectivity index (χ0n) is 24.2. The molecule has 9 heteroatoms. The quantitative estimate of drug-likeness (QED) is 0.357. The van der Waals surface area contributed by atoms with E-state index in [1.54, 1.807) is 35.8 Å². The van der Waals surface area contributed by atoms with Crippen LogP contribution in [-0.4, -0.2) is 83.4 Å². The molecule has 40 heavy (non-hydrogen) atoms. The number of carbonyl (C=O) groups excluding carboxylic acids is 3. The van der Waals surface area contributed by atoms with Gasteiger partial charge in [0.2, 0.25) is 17.7 Å². The summed E-state index contributed by atoms with van der Waals surface area (Å²) in [6.07, 6.45) is 4.05. The molecule has 2 atom stereocenters. The average Bonchev–Trinajstić information content (AvgIpc) is 3.34. The van der Waals surface area contributed by atoms with Gasteiger partial charge < -0.3 is 20.9 Å². The van der Waals surface area contributed by atoms with Gasteiger partial charge in [0.15, 0.2) is 0 Å². The van der Waals surface area contributed by atoms with Crippen LogP contribution in [0.15, 0.2) is 60.8 Å². The normalized spacial score (nSPS) is 18.5. The molecule has 0 saturated carbocycles. The first-order valence-corrected chi connectivity index (χ1v) is 13.8. The fraction of sp³-hybridized carbons (Fsp3) is 0.452. The molecule has 2 aromatic carbocycles. The van der Waals surface area contributed by atoms with Gasteiger partial charge in [-0.2, -0.15) is 0 Å². The van der Waals surface area contributed by atoms with Crippen molar-refractivity contribution in [2.75, 3.05) is 34.2 Å². The highest BCUT2D eigenvalue weighted by Gasteiger charge is 2.46. The Labute approximate surface area is 236 Å². The molecule has 9 nitrogen and oxygen atoms in total. The molecular weight excluding hydrogens is 504 g/mol. The van der Waals surface area contributed by atoms with Crippen LogP contribution in [-0.2, 0) is 27.2 Å². The molecule has 1 aliphatic heterocycles. The molecule has 3 aromatic rings. The summed E-state index contributed by atoms with van der Waals surface area (Å²) in [7, 11) is 5.43. The van der Waals surface area contributed by atoms with E-state index in [0.29, 0.717) is 32.2 Å². The van der Waals surface area contributed by atoms with Crippen LogP contribution in [0.4, 0.5) is 0 Å². The molecule has 3 amide bonds. The molecule has 0 bridgehead atoms. The van der Waals surface area contributed by atoms with Crippen molar-refractivity contribution in [3.05, 3.63) is 71.9 Å². The first-order chi connectivity index (χ1) is 18.9. The first kappa shape index (κ1) is 29.3. The minimum absolute atomic E-state index is 0.0286. The summed E-state index contributed by atoms with van der Waals surface area (Å²) in [6, 6.07) is 17.0. The van der Waals surface area contributed by atoms with Gasteiger partial charge in [-0.05, 0) is 50.3 Å². The van der Waals surface area contributed by atoms with Crippen molar-refractivity contribution in [3.63, 3.8) is 0 Å². The largest absolute Gasteiger partial charge is 0.361 e. The number of piperidine rings is 1. The molecular formula is C31H42N6O3. The summed E-state index contributed by atoms with van der Waals surface area (Å²) in [5, 5.41) is 7.32. The van der Waals surface area contributed by atoms with Gasteiger partial charge >= 0.3 is 0 Å². The number of likely N-dealkylation sites (tertiary alicyclic amines) is 1. The molecule has 1 aliphatic rings. The van der Waals surface area contributed by atoms with E-state index in [1.807, 2.05) is 74.9 Å². The lowest BCUT2D eigenvalue weighted by atomic mass is 9.74. The highest BCUT2D eigenvalue weighted by molar-refractivity contribution is 5.93. The number of amides is 3. The summed E-state index contributed by atoms with van der Waals surface area (Å²) in [5.41, 5.74) is 7.10. The van der Waals surface area contributed by atoms with Crippen molar-refractivity contribution < 1.29 is 14.4 Å². The zero-order valence-corrected chi connectivity index (χ0v) is 24.2. The van der Waals surface area contributed by atoms with E-state index >= 15 is 0 Å². The lowest BCUT2D eigenvalue weighted by Gasteiger charge is -2.45. The molecule has 0 radical (unpaired) electrons. The number of aromatic amines is 1. The van der Waals surface area contributed by atoms with E-state index in [-0.39, 0.29) is 18.4 Å². The summed E-state index contributed by atoms with van der Waals surface area (Å²) in [5.74, 6) is -0.638. The van der Waals surface area contributed by atoms with Crippen molar-refractivity contribution in [1.29, 1.82) is 0 Å². The lowest BCUT2D eigenvalue weighted by molar-refractivity contribution is -0.159. The van der Waals surface area contributed by atoms with Crippen LogP contribution in [0, 0.1) is 5.41 Å². The number of hydrogen-bond donors (Lipinski definition) is 3. The Morgan fingerprint density at radius 2 is 1.75 bits per heavy atom. The van der Waals surface area contributed by atoms with Crippen molar-refractivity contribution in [2.45, 2.75) is 51.1 Å². The molecule has 1 unspecified atom stereocenters. The van der Waals surface area contributed by atoms with E-state index in [2.05, 4.69) is 10.3 Å². The SMILES string of the molecule is CN(C)N(C)C(=O)[C@@]1(Cc2ccccc2)CCCN(C(=O)C(Cc2c[nH]c3ccccc23)NC(=O)C(C)(C)N)C1. The number of nitrogens with zero attached hydrogens (tertiary/aromatic N) is 3. The second kappa shape index (κ2) is 11.8. The van der Waals surface area contributed by atoms with Crippen LogP contribution in [0.5, 0.6) is 0 Å². The number of H-pyrrole nitrogens is 1. The number of hydrazine groups is 1. The molecule has 4 rings (SSSR count). The highest BCUT2D eigenvalue weighted by Crippen LogP contribution is 2.36. The number of carbonyl (C=O) groups is 3. The molecule has 0 aliphatic carbocycles. The van der Waals surface area contributed by atoms with Gasteiger partial charge in [0.25, 0.3) is 0 Å². The minimum atomic E-state index is -1.15. The molecule has 1 saturated heterocycles. The smallest absolute Gasteiger partial charge is 0.245 e. The molecule has 1 fully saturated rings. The number of hydrogen-bond acceptors (Lipinski definition) is 5. The van der Waals surface area contributed by atoms with Gasteiger partial charge in [0, 0.05) is 57.8 Å². The van der Waals surface area contributed by atoms with Crippen LogP contribution >= 0.6 is 0 Å². The Morgan fingerprint density at radius 1 is 1.07 bits per heavy atom. The number of para-hydroxylation sites is 1. The predicted octanol–water partition coefficient (Wildman–Crippen LogP) is 2.72. The summed E-state index contributed by atoms with van der Waals surface area (Å²) >= 11 is 0. The van der Waals surface area contributed by atoms with E-state index in [1.165, 1.54) is 0 Å². The molecule has 0 spiro atoms. The zero-order chi connectivity index (χ0) is 29.1. The third kappa shape index (κ3) is 6.37. The monoisotopic (exact) mass is 546 g/mol. The van der Waals surface area contributed by atoms with Gasteiger partial charge in [-0.3, -0.25) is 19.4 Å². The van der Waals surface area contributed by atoms with E-state index in [9.17, 15) is 14.4 Å². The fourth-order valence-corrected chi connectivity index (χ4v) is 5.51. The van der Waals surface area contributed by atoms with Crippen molar-refractivity contribution >= 4 is 28.6 Å². The number of rotatable bonds is 9. The van der Waals surface area contributed by atoms with Crippen molar-refractivity contribution in [2.24, 2.45) is 11.1 Å². The van der Waals surface area contributed by atoms with Crippen LogP contribution in [0.3, 0.4) is 0 Å². The maximum atomic E-state index is 14.2. The third-order valence-electron chi connectivity index (χ3n) is 7.91. The van der Waals surface area contributed by atoms with E-state index in [4.69, 9.17) is 5.73 Å². The lowest BCUT2D eigenvalue weighted by Crippen LogP contribution is -2.61. The standard InChI is InChI=1S/C31H42N6O3/c1-30(2,32)28(39)34-26(18-23-20-33-25-15-10-9-14-24(23)25)27(38)37-17-11-16-31(21-37,29(40)36(5)35(3)4)19-22-12-7-6-8-13-22/h6-10,12-15,20,26,33H,11,16-19,21,32H2,1-5H3,(H,34,39)/t26?,31-/m1/s1. The minimum Gasteiger partial charge on any atom is -0.361 e. The first-order valence-electron chi connectivity index (χ1n) is 13.8.